The summed E-state index contributed by atoms with van der Waals surface area (Å²) in [6, 6.07) is 0. The molecule has 5 aliphatic rings. The quantitative estimate of drug-likeness (QED) is 0.390. The first-order chi connectivity index (χ1) is 17.0. The molecule has 1 saturated heterocycles. The Labute approximate surface area is 223 Å². The van der Waals surface area contributed by atoms with Crippen LogP contribution in [0, 0.1) is 46.3 Å². The average molecular weight is 519 g/mol. The first kappa shape index (κ1) is 27.6. The summed E-state index contributed by atoms with van der Waals surface area (Å²) in [7, 11) is 0. The Balaban J connectivity index is 1.47. The van der Waals surface area contributed by atoms with Crippen molar-refractivity contribution >= 4 is 11.8 Å². The normalized spacial score (nSPS) is 49.5. The molecule has 0 bridgehead atoms. The lowest BCUT2D eigenvalue weighted by Crippen LogP contribution is -2.57. The molecular weight excluding hydrogens is 468 g/mol. The maximum absolute atomic E-state index is 12.3. The highest BCUT2D eigenvalue weighted by Gasteiger charge is 2.86. The van der Waals surface area contributed by atoms with Crippen molar-refractivity contribution in [2.45, 2.75) is 136 Å². The van der Waals surface area contributed by atoms with Crippen LogP contribution in [-0.2, 0) is 19.1 Å². The van der Waals surface area contributed by atoms with Crippen LogP contribution in [0.5, 0.6) is 0 Å². The molecule has 0 unspecified atom stereocenters. The Morgan fingerprint density at radius 3 is 2.41 bits per heavy atom. The number of epoxide rings is 1. The smallest absolute Gasteiger partial charge is 0.303 e. The van der Waals surface area contributed by atoms with E-state index in [0.29, 0.717) is 35.9 Å². The number of aliphatic hydroxyl groups excluding tert-OH is 1. The van der Waals surface area contributed by atoms with Gasteiger partial charge in [-0.1, -0.05) is 27.7 Å². The Hall–Kier alpha value is -0.980. The number of carbonyl (C=O) groups is 2. The average Bonchev–Trinajstić information content (AvgIpc) is 3.39. The van der Waals surface area contributed by atoms with Crippen LogP contribution in [0.15, 0.2) is 0 Å². The van der Waals surface area contributed by atoms with Crippen LogP contribution in [0.25, 0.3) is 0 Å². The SMILES string of the molecule is CC(=O)O[C@H]([C@@H](C)[C@H](C)C(C)(C)O)[C@]1(C)O[C@]12[C@@H](O)C[C@H]1[C@@H]3CC[C@H]4CC(=O)CC[C@]4(C)[C@H]3CC[C@@]12C. The second-order valence-corrected chi connectivity index (χ2v) is 14.9. The molecule has 2 N–H and O–H groups in total. The van der Waals surface area contributed by atoms with Crippen LogP contribution in [0.1, 0.15) is 107 Å². The summed E-state index contributed by atoms with van der Waals surface area (Å²) >= 11 is 0. The standard InChI is InChI=1S/C31H50O6/c1-17(18(2)27(4,5)35)26(36-19(3)32)30(8)31(37-30)25(34)16-24-22-10-9-20-15-21(33)11-13-28(20,6)23(22)12-14-29(24,31)7/h17-18,20,22-26,34-35H,9-16H2,1-8H3/t17-,18-,20-,22+,23-,24-,25-,26+,28-,29-,30-,31-/m0/s1. The van der Waals surface area contributed by atoms with Gasteiger partial charge in [-0.2, -0.15) is 0 Å². The molecule has 0 aromatic heterocycles. The molecule has 1 aliphatic heterocycles. The van der Waals surface area contributed by atoms with Gasteiger partial charge in [0.15, 0.2) is 0 Å². The van der Waals surface area contributed by atoms with E-state index in [1.54, 1.807) is 13.8 Å². The van der Waals surface area contributed by atoms with Gasteiger partial charge >= 0.3 is 5.97 Å². The molecule has 0 aromatic rings. The van der Waals surface area contributed by atoms with Crippen molar-refractivity contribution in [1.82, 2.24) is 0 Å². The Morgan fingerprint density at radius 1 is 1.11 bits per heavy atom. The van der Waals surface area contributed by atoms with Crippen molar-refractivity contribution in [3.05, 3.63) is 0 Å². The summed E-state index contributed by atoms with van der Waals surface area (Å²) in [4.78, 5) is 24.6. The van der Waals surface area contributed by atoms with Crippen molar-refractivity contribution in [3.8, 4) is 0 Å². The second-order valence-electron chi connectivity index (χ2n) is 14.9. The van der Waals surface area contributed by atoms with Crippen molar-refractivity contribution in [1.29, 1.82) is 0 Å². The summed E-state index contributed by atoms with van der Waals surface area (Å²) < 4.78 is 12.8. The monoisotopic (exact) mass is 518 g/mol. The number of ether oxygens (including phenoxy) is 2. The summed E-state index contributed by atoms with van der Waals surface area (Å²) in [5.74, 6) is 1.73. The predicted molar refractivity (Wildman–Crippen MR) is 141 cm³/mol. The predicted octanol–water partition coefficient (Wildman–Crippen LogP) is 5.07. The minimum atomic E-state index is -0.940. The lowest BCUT2D eigenvalue weighted by atomic mass is 9.44. The highest BCUT2D eigenvalue weighted by molar-refractivity contribution is 5.79. The van der Waals surface area contributed by atoms with E-state index < -0.39 is 29.0 Å². The van der Waals surface area contributed by atoms with Crippen molar-refractivity contribution < 1.29 is 29.3 Å². The first-order valence-corrected chi connectivity index (χ1v) is 14.8. The molecule has 12 atom stereocenters. The highest BCUT2D eigenvalue weighted by atomic mass is 16.7. The number of fused-ring (bicyclic) bond motifs is 6. The van der Waals surface area contributed by atoms with E-state index in [-0.39, 0.29) is 28.6 Å². The second kappa shape index (κ2) is 8.51. The Kier molecular flexibility index (Phi) is 6.34. The fourth-order valence-corrected chi connectivity index (χ4v) is 10.5. The van der Waals surface area contributed by atoms with Gasteiger partial charge < -0.3 is 19.7 Å². The largest absolute Gasteiger partial charge is 0.459 e. The lowest BCUT2D eigenvalue weighted by Gasteiger charge is -2.60. The third-order valence-corrected chi connectivity index (χ3v) is 13.0. The molecule has 1 heterocycles. The van der Waals surface area contributed by atoms with Gasteiger partial charge in [0.25, 0.3) is 0 Å². The summed E-state index contributed by atoms with van der Waals surface area (Å²) in [6.07, 6.45) is 6.30. The van der Waals surface area contributed by atoms with Crippen LogP contribution in [0.2, 0.25) is 0 Å². The van der Waals surface area contributed by atoms with Crippen LogP contribution in [0.4, 0.5) is 0 Å². The molecule has 5 fully saturated rings. The maximum atomic E-state index is 12.3. The third kappa shape index (κ3) is 3.67. The van der Waals surface area contributed by atoms with E-state index in [0.717, 1.165) is 44.9 Å². The number of hydrogen-bond acceptors (Lipinski definition) is 6. The van der Waals surface area contributed by atoms with Crippen LogP contribution in [-0.4, -0.2) is 51.0 Å². The zero-order chi connectivity index (χ0) is 27.3. The minimum absolute atomic E-state index is 0.142. The molecule has 6 nitrogen and oxygen atoms in total. The fourth-order valence-electron chi connectivity index (χ4n) is 10.5. The van der Waals surface area contributed by atoms with E-state index in [9.17, 15) is 19.8 Å². The summed E-state index contributed by atoms with van der Waals surface area (Å²) in [5, 5.41) is 22.6. The summed E-state index contributed by atoms with van der Waals surface area (Å²) in [5.41, 5.74) is -2.52. The van der Waals surface area contributed by atoms with E-state index in [2.05, 4.69) is 13.8 Å². The van der Waals surface area contributed by atoms with Crippen molar-refractivity contribution in [3.63, 3.8) is 0 Å². The van der Waals surface area contributed by atoms with Crippen molar-refractivity contribution in [2.75, 3.05) is 0 Å². The van der Waals surface area contributed by atoms with Gasteiger partial charge in [0.05, 0.1) is 11.7 Å². The van der Waals surface area contributed by atoms with E-state index in [1.807, 2.05) is 20.8 Å². The van der Waals surface area contributed by atoms with E-state index in [1.165, 1.54) is 6.92 Å². The number of hydrogen-bond donors (Lipinski definition) is 2. The number of ketones is 1. The van der Waals surface area contributed by atoms with Crippen LogP contribution in [0.3, 0.4) is 0 Å². The van der Waals surface area contributed by atoms with E-state index >= 15 is 0 Å². The molecule has 4 saturated carbocycles. The van der Waals surface area contributed by atoms with Gasteiger partial charge in [-0.15, -0.1) is 0 Å². The van der Waals surface area contributed by atoms with Crippen LogP contribution >= 0.6 is 0 Å². The van der Waals surface area contributed by atoms with Gasteiger partial charge in [0.1, 0.15) is 23.1 Å². The van der Waals surface area contributed by atoms with E-state index in [4.69, 9.17) is 9.47 Å². The maximum Gasteiger partial charge on any atom is 0.303 e. The van der Waals surface area contributed by atoms with Crippen LogP contribution < -0.4 is 0 Å². The number of Topliss-reactive ketones (excluding diaryl/α,β-unsaturated/α-hetero) is 1. The number of rotatable bonds is 5. The number of esters is 1. The first-order valence-electron chi connectivity index (χ1n) is 14.8. The Morgan fingerprint density at radius 2 is 1.78 bits per heavy atom. The zero-order valence-electron chi connectivity index (χ0n) is 24.3. The van der Waals surface area contributed by atoms with Gasteiger partial charge in [-0.05, 0) is 94.3 Å². The molecular formula is C31H50O6. The molecule has 37 heavy (non-hydrogen) atoms. The molecule has 210 valence electrons. The zero-order valence-corrected chi connectivity index (χ0v) is 24.3. The molecule has 6 heteroatoms. The minimum Gasteiger partial charge on any atom is -0.459 e. The molecule has 0 amide bonds. The molecule has 5 rings (SSSR count). The van der Waals surface area contributed by atoms with Gasteiger partial charge in [-0.25, -0.2) is 0 Å². The summed E-state index contributed by atoms with van der Waals surface area (Å²) in [6.45, 7) is 15.8. The van der Waals surface area contributed by atoms with Gasteiger partial charge in [0, 0.05) is 31.1 Å². The highest BCUT2D eigenvalue weighted by Crippen LogP contribution is 2.76. The fraction of sp³-hybridized carbons (Fsp3) is 0.935. The molecule has 1 spiro atoms. The third-order valence-electron chi connectivity index (χ3n) is 13.0. The molecule has 0 aromatic carbocycles. The van der Waals surface area contributed by atoms with Crippen molar-refractivity contribution in [2.24, 2.45) is 46.3 Å². The van der Waals surface area contributed by atoms with Gasteiger partial charge in [-0.3, -0.25) is 9.59 Å². The van der Waals surface area contributed by atoms with Gasteiger partial charge in [0.2, 0.25) is 0 Å². The Bertz CT molecular complexity index is 956. The number of aliphatic hydroxyl groups is 2. The molecule has 0 radical (unpaired) electrons. The lowest BCUT2D eigenvalue weighted by molar-refractivity contribution is -0.158. The number of carbonyl (C=O) groups excluding carboxylic acids is 2. The molecule has 4 aliphatic carbocycles. The topological polar surface area (TPSA) is 96.4 Å².